The van der Waals surface area contributed by atoms with E-state index in [1.807, 2.05) is 6.92 Å². The minimum absolute atomic E-state index is 0.126. The zero-order valence-electron chi connectivity index (χ0n) is 19.6. The van der Waals surface area contributed by atoms with Crippen LogP contribution in [0.1, 0.15) is 43.3 Å². The van der Waals surface area contributed by atoms with E-state index in [9.17, 15) is 18.0 Å². The van der Waals surface area contributed by atoms with Crippen molar-refractivity contribution in [2.75, 3.05) is 23.0 Å². The van der Waals surface area contributed by atoms with Crippen LogP contribution in [0.3, 0.4) is 0 Å². The average molecular weight is 543 g/mol. The van der Waals surface area contributed by atoms with E-state index in [1.54, 1.807) is 37.1 Å². The van der Waals surface area contributed by atoms with Gasteiger partial charge >= 0.3 is 12.3 Å². The third-order valence-corrected chi connectivity index (χ3v) is 6.66. The molecule has 2 atom stereocenters. The van der Waals surface area contributed by atoms with Crippen molar-refractivity contribution in [3.05, 3.63) is 63.4 Å². The topological polar surface area (TPSA) is 76.4 Å². The summed E-state index contributed by atoms with van der Waals surface area (Å²) in [5.41, 5.74) is 0.199. The molecule has 0 saturated heterocycles. The number of fused-ring (bicyclic) bond motifs is 1. The number of nitrogens with zero attached hydrogens (tertiary/aromatic N) is 6. The summed E-state index contributed by atoms with van der Waals surface area (Å²) in [6, 6.07) is 7.02. The molecule has 0 saturated carbocycles. The average Bonchev–Trinajstić information content (AvgIpc) is 3.25. The van der Waals surface area contributed by atoms with E-state index in [-0.39, 0.29) is 35.4 Å². The summed E-state index contributed by atoms with van der Waals surface area (Å²) >= 11 is 12.4. The maximum absolute atomic E-state index is 13.8. The fraction of sp³-hybridized carbons (Fsp3) is 0.391. The summed E-state index contributed by atoms with van der Waals surface area (Å²) in [5, 5.41) is 13.0. The molecule has 13 heteroatoms. The van der Waals surface area contributed by atoms with Crippen LogP contribution in [0.2, 0.25) is 10.0 Å². The molecule has 0 bridgehead atoms. The summed E-state index contributed by atoms with van der Waals surface area (Å²) in [5.74, 6) is 0.249. The zero-order valence-corrected chi connectivity index (χ0v) is 21.1. The van der Waals surface area contributed by atoms with Crippen molar-refractivity contribution in [2.45, 2.75) is 38.5 Å². The number of anilines is 2. The maximum Gasteiger partial charge on any atom is 0.416 e. The molecule has 0 fully saturated rings. The number of hydrogen-bond acceptors (Lipinski definition) is 6. The van der Waals surface area contributed by atoms with Crippen LogP contribution in [-0.4, -0.2) is 45.5 Å². The highest BCUT2D eigenvalue weighted by atomic mass is 35.5. The molecular formula is C23H23Cl2F3N6O2. The number of ether oxygens (including phenoxy) is 1. The summed E-state index contributed by atoms with van der Waals surface area (Å²) < 4.78 is 46.5. The zero-order chi connectivity index (χ0) is 26.2. The highest BCUT2D eigenvalue weighted by Gasteiger charge is 2.41. The fourth-order valence-electron chi connectivity index (χ4n) is 4.29. The second-order valence-electron chi connectivity index (χ2n) is 8.20. The van der Waals surface area contributed by atoms with E-state index in [4.69, 9.17) is 27.9 Å². The van der Waals surface area contributed by atoms with Crippen LogP contribution in [-0.2, 0) is 18.0 Å². The van der Waals surface area contributed by atoms with Crippen LogP contribution in [0.4, 0.5) is 29.3 Å². The number of tetrazole rings is 1. The van der Waals surface area contributed by atoms with E-state index >= 15 is 0 Å². The van der Waals surface area contributed by atoms with Gasteiger partial charge in [-0.3, -0.25) is 4.90 Å². The van der Waals surface area contributed by atoms with Crippen molar-refractivity contribution < 1.29 is 22.7 Å². The lowest BCUT2D eigenvalue weighted by molar-refractivity contribution is -0.137. The van der Waals surface area contributed by atoms with Crippen LogP contribution in [0.15, 0.2) is 36.4 Å². The summed E-state index contributed by atoms with van der Waals surface area (Å²) in [6.07, 6.45) is -4.72. The normalized spacial score (nSPS) is 16.6. The molecule has 4 rings (SSSR count). The molecule has 0 spiro atoms. The number of amides is 1. The van der Waals surface area contributed by atoms with Gasteiger partial charge in [0.25, 0.3) is 0 Å². The molecule has 192 valence electrons. The van der Waals surface area contributed by atoms with Crippen molar-refractivity contribution in [1.29, 1.82) is 0 Å². The van der Waals surface area contributed by atoms with Gasteiger partial charge in [0, 0.05) is 6.54 Å². The SMILES string of the molecule is CCOC(=O)N1c2ccc(C(F)(F)F)cc2N(C(c2ccc(Cl)c(Cl)c2)c2nnn(C)n2)C[C@H]1CC. The number of carbonyl (C=O) groups excluding carboxylic acids is 1. The molecular weight excluding hydrogens is 520 g/mol. The predicted molar refractivity (Wildman–Crippen MR) is 129 cm³/mol. The van der Waals surface area contributed by atoms with E-state index in [2.05, 4.69) is 15.4 Å². The van der Waals surface area contributed by atoms with Crippen molar-refractivity contribution in [2.24, 2.45) is 7.05 Å². The number of benzene rings is 2. The molecule has 2 heterocycles. The lowest BCUT2D eigenvalue weighted by atomic mass is 9.97. The lowest BCUT2D eigenvalue weighted by Gasteiger charge is -2.45. The molecule has 36 heavy (non-hydrogen) atoms. The first kappa shape index (κ1) is 26.0. The Morgan fingerprint density at radius 3 is 2.47 bits per heavy atom. The monoisotopic (exact) mass is 542 g/mol. The molecule has 2 aromatic carbocycles. The smallest absolute Gasteiger partial charge is 0.416 e. The second kappa shape index (κ2) is 10.1. The molecule has 0 N–H and O–H groups in total. The van der Waals surface area contributed by atoms with Crippen LogP contribution < -0.4 is 9.80 Å². The van der Waals surface area contributed by atoms with Gasteiger partial charge in [0.05, 0.1) is 46.7 Å². The van der Waals surface area contributed by atoms with Gasteiger partial charge in [0.15, 0.2) is 0 Å². The Hall–Kier alpha value is -3.05. The number of hydrogen-bond donors (Lipinski definition) is 0. The van der Waals surface area contributed by atoms with E-state index in [0.717, 1.165) is 12.1 Å². The number of aryl methyl sites for hydroxylation is 1. The van der Waals surface area contributed by atoms with Crippen molar-refractivity contribution in [1.82, 2.24) is 20.2 Å². The van der Waals surface area contributed by atoms with Gasteiger partial charge in [-0.1, -0.05) is 36.2 Å². The quantitative estimate of drug-likeness (QED) is 0.400. The molecule has 1 unspecified atom stereocenters. The van der Waals surface area contributed by atoms with Crippen LogP contribution in [0.25, 0.3) is 0 Å². The summed E-state index contributed by atoms with van der Waals surface area (Å²) in [7, 11) is 1.59. The molecule has 1 amide bonds. The predicted octanol–water partition coefficient (Wildman–Crippen LogP) is 5.89. The van der Waals surface area contributed by atoms with Crippen LogP contribution in [0.5, 0.6) is 0 Å². The molecule has 1 aliphatic heterocycles. The van der Waals surface area contributed by atoms with Gasteiger partial charge in [-0.15, -0.1) is 10.2 Å². The third kappa shape index (κ3) is 4.94. The van der Waals surface area contributed by atoms with Crippen LogP contribution in [0, 0.1) is 0 Å². The lowest BCUT2D eigenvalue weighted by Crippen LogP contribution is -2.52. The number of alkyl halides is 3. The molecule has 1 aromatic heterocycles. The highest BCUT2D eigenvalue weighted by Crippen LogP contribution is 2.45. The van der Waals surface area contributed by atoms with E-state index in [1.165, 1.54) is 15.8 Å². The second-order valence-corrected chi connectivity index (χ2v) is 9.01. The summed E-state index contributed by atoms with van der Waals surface area (Å²) in [4.78, 5) is 17.3. The first-order valence-corrected chi connectivity index (χ1v) is 11.9. The molecule has 1 aliphatic rings. The number of rotatable bonds is 5. The Balaban J connectivity index is 1.96. The minimum Gasteiger partial charge on any atom is -0.449 e. The molecule has 0 radical (unpaired) electrons. The third-order valence-electron chi connectivity index (χ3n) is 5.92. The molecule has 8 nitrogen and oxygen atoms in total. The van der Waals surface area contributed by atoms with Gasteiger partial charge in [0.1, 0.15) is 6.04 Å². The van der Waals surface area contributed by atoms with Gasteiger partial charge in [-0.05, 0) is 54.5 Å². The van der Waals surface area contributed by atoms with E-state index in [0.29, 0.717) is 17.0 Å². The summed E-state index contributed by atoms with van der Waals surface area (Å²) in [6.45, 7) is 3.86. The Morgan fingerprint density at radius 2 is 1.89 bits per heavy atom. The number of halogens is 5. The van der Waals surface area contributed by atoms with Crippen LogP contribution >= 0.6 is 23.2 Å². The van der Waals surface area contributed by atoms with Gasteiger partial charge < -0.3 is 9.64 Å². The maximum atomic E-state index is 13.8. The fourth-order valence-corrected chi connectivity index (χ4v) is 4.60. The number of carbonyl (C=O) groups is 1. The van der Waals surface area contributed by atoms with Gasteiger partial charge in [-0.2, -0.15) is 18.0 Å². The Morgan fingerprint density at radius 1 is 1.14 bits per heavy atom. The van der Waals surface area contributed by atoms with Crippen molar-refractivity contribution in [3.8, 4) is 0 Å². The first-order chi connectivity index (χ1) is 17.0. The van der Waals surface area contributed by atoms with Crippen molar-refractivity contribution >= 4 is 40.7 Å². The van der Waals surface area contributed by atoms with E-state index < -0.39 is 29.9 Å². The Labute approximate surface area is 215 Å². The first-order valence-electron chi connectivity index (χ1n) is 11.2. The molecule has 0 aliphatic carbocycles. The largest absolute Gasteiger partial charge is 0.449 e. The highest BCUT2D eigenvalue weighted by molar-refractivity contribution is 6.42. The Bertz CT molecular complexity index is 1270. The molecule has 3 aromatic rings. The standard InChI is InChI=1S/C23H23Cl2F3N6O2/c1-4-15-12-33(20(21-29-31-32(3)30-21)13-6-8-16(24)17(25)10-13)19-11-14(23(26,27)28)7-9-18(19)34(15)22(35)36-5-2/h6-11,15,20H,4-5,12H2,1-3H3/t15-,20?/m1/s1. The number of aromatic nitrogens is 4. The van der Waals surface area contributed by atoms with Crippen molar-refractivity contribution in [3.63, 3.8) is 0 Å². The minimum atomic E-state index is -4.60. The Kier molecular flexibility index (Phi) is 7.33. The van der Waals surface area contributed by atoms with Gasteiger partial charge in [-0.25, -0.2) is 4.79 Å². The van der Waals surface area contributed by atoms with Gasteiger partial charge in [0.2, 0.25) is 5.82 Å².